The predicted molar refractivity (Wildman–Crippen MR) is 89.7 cm³/mol. The van der Waals surface area contributed by atoms with E-state index < -0.39 is 5.60 Å². The Hall–Kier alpha value is -1.82. The predicted octanol–water partition coefficient (Wildman–Crippen LogP) is 3.19. The molecule has 0 saturated carbocycles. The summed E-state index contributed by atoms with van der Waals surface area (Å²) in [6, 6.07) is 7.63. The molecule has 0 fully saturated rings. The molecule has 0 radical (unpaired) electrons. The zero-order valence-corrected chi connectivity index (χ0v) is 14.2. The molecule has 5 nitrogen and oxygen atoms in total. The highest BCUT2D eigenvalue weighted by atomic mass is 35.5. The van der Waals surface area contributed by atoms with E-state index in [1.165, 1.54) is 0 Å². The summed E-state index contributed by atoms with van der Waals surface area (Å²) in [6.45, 7) is 6.39. The van der Waals surface area contributed by atoms with Crippen LogP contribution in [0.25, 0.3) is 5.65 Å². The fraction of sp³-hybridized carbons (Fsp3) is 0.353. The lowest BCUT2D eigenvalue weighted by Gasteiger charge is -2.23. The lowest BCUT2D eigenvalue weighted by molar-refractivity contribution is 0.0551. The number of aliphatic hydroxyl groups is 1. The Balaban J connectivity index is 1.73. The molecule has 3 rings (SSSR count). The van der Waals surface area contributed by atoms with Gasteiger partial charge in [0.05, 0.1) is 5.69 Å². The fourth-order valence-corrected chi connectivity index (χ4v) is 3.11. The molecule has 2 N–H and O–H groups in total. The smallest absolute Gasteiger partial charge is 0.152 e. The van der Waals surface area contributed by atoms with E-state index in [0.717, 1.165) is 28.4 Å². The number of imidazole rings is 1. The van der Waals surface area contributed by atoms with Crippen molar-refractivity contribution in [1.82, 2.24) is 14.7 Å². The van der Waals surface area contributed by atoms with E-state index in [4.69, 9.17) is 16.0 Å². The number of nitrogens with zero attached hydrogens (tertiary/aromatic N) is 2. The van der Waals surface area contributed by atoms with Gasteiger partial charge in [-0.25, -0.2) is 4.98 Å². The normalized spacial score (nSPS) is 14.3. The third-order valence-electron chi connectivity index (χ3n) is 3.96. The quantitative estimate of drug-likeness (QED) is 0.752. The van der Waals surface area contributed by atoms with Crippen molar-refractivity contribution in [3.8, 4) is 0 Å². The van der Waals surface area contributed by atoms with Crippen LogP contribution in [0.15, 0.2) is 34.9 Å². The van der Waals surface area contributed by atoms with Gasteiger partial charge < -0.3 is 19.2 Å². The summed E-state index contributed by atoms with van der Waals surface area (Å²) in [5.41, 5.74) is 1.46. The van der Waals surface area contributed by atoms with Crippen LogP contribution in [-0.4, -0.2) is 21.0 Å². The largest absolute Gasteiger partial charge is 0.466 e. The van der Waals surface area contributed by atoms with Crippen molar-refractivity contribution in [2.24, 2.45) is 0 Å². The van der Waals surface area contributed by atoms with Gasteiger partial charge in [0, 0.05) is 24.8 Å². The number of aromatic nitrogens is 2. The second kappa shape index (κ2) is 6.00. The van der Waals surface area contributed by atoms with Gasteiger partial charge in [0.25, 0.3) is 0 Å². The van der Waals surface area contributed by atoms with Gasteiger partial charge in [-0.1, -0.05) is 17.7 Å². The second-order valence-electron chi connectivity index (χ2n) is 5.98. The minimum Gasteiger partial charge on any atom is -0.466 e. The first-order chi connectivity index (χ1) is 10.9. The summed E-state index contributed by atoms with van der Waals surface area (Å²) in [5.74, 6) is 1.53. The number of furan rings is 1. The molecule has 23 heavy (non-hydrogen) atoms. The average Bonchev–Trinajstić information content (AvgIpc) is 2.99. The van der Waals surface area contributed by atoms with Crippen LogP contribution in [0.2, 0.25) is 5.15 Å². The van der Waals surface area contributed by atoms with Gasteiger partial charge >= 0.3 is 0 Å². The van der Waals surface area contributed by atoms with Gasteiger partial charge in [-0.3, -0.25) is 0 Å². The van der Waals surface area contributed by atoms with Crippen molar-refractivity contribution in [1.29, 1.82) is 0 Å². The summed E-state index contributed by atoms with van der Waals surface area (Å²) in [5, 5.41) is 14.4. The summed E-state index contributed by atoms with van der Waals surface area (Å²) >= 11 is 6.21. The van der Waals surface area contributed by atoms with Crippen LogP contribution >= 0.6 is 11.6 Å². The van der Waals surface area contributed by atoms with Crippen LogP contribution in [-0.2, 0) is 12.1 Å². The van der Waals surface area contributed by atoms with Gasteiger partial charge in [-0.15, -0.1) is 0 Å². The van der Waals surface area contributed by atoms with Crippen LogP contribution in [0, 0.1) is 13.8 Å². The van der Waals surface area contributed by atoms with Crippen molar-refractivity contribution in [2.75, 3.05) is 6.54 Å². The first kappa shape index (κ1) is 16.1. The number of hydrogen-bond donors (Lipinski definition) is 2. The summed E-state index contributed by atoms with van der Waals surface area (Å²) in [4.78, 5) is 4.31. The third kappa shape index (κ3) is 3.13. The maximum absolute atomic E-state index is 10.7. The molecule has 0 aliphatic rings. The maximum atomic E-state index is 10.7. The Kier molecular flexibility index (Phi) is 4.19. The molecule has 0 amide bonds. The van der Waals surface area contributed by atoms with Crippen molar-refractivity contribution < 1.29 is 9.52 Å². The van der Waals surface area contributed by atoms with Crippen molar-refractivity contribution in [3.63, 3.8) is 0 Å². The van der Waals surface area contributed by atoms with E-state index in [9.17, 15) is 5.11 Å². The summed E-state index contributed by atoms with van der Waals surface area (Å²) in [7, 11) is 0. The van der Waals surface area contributed by atoms with Crippen LogP contribution in [0.4, 0.5) is 0 Å². The van der Waals surface area contributed by atoms with Crippen molar-refractivity contribution >= 4 is 17.2 Å². The zero-order valence-electron chi connectivity index (χ0n) is 13.4. The number of pyridine rings is 1. The molecule has 0 aromatic carbocycles. The Bertz CT molecular complexity index is 836. The fourth-order valence-electron chi connectivity index (χ4n) is 2.86. The number of hydrogen-bond acceptors (Lipinski definition) is 4. The molecule has 122 valence electrons. The molecule has 3 aromatic heterocycles. The van der Waals surface area contributed by atoms with Gasteiger partial charge in [0.1, 0.15) is 22.8 Å². The number of halogens is 1. The van der Waals surface area contributed by atoms with E-state index in [-0.39, 0.29) is 0 Å². The number of nitrogens with one attached hydrogen (secondary N) is 1. The molecule has 3 heterocycles. The molecule has 6 heteroatoms. The van der Waals surface area contributed by atoms with Crippen LogP contribution in [0.5, 0.6) is 0 Å². The lowest BCUT2D eigenvalue weighted by atomic mass is 9.96. The van der Waals surface area contributed by atoms with Crippen molar-refractivity contribution in [2.45, 2.75) is 32.9 Å². The maximum Gasteiger partial charge on any atom is 0.152 e. The first-order valence-corrected chi connectivity index (χ1v) is 7.88. The molecular formula is C17H20ClN3O2. The highest BCUT2D eigenvalue weighted by Crippen LogP contribution is 2.26. The Morgan fingerprint density at radius 3 is 2.87 bits per heavy atom. The minimum absolute atomic E-state index is 0.378. The number of aryl methyl sites for hydroxylation is 2. The molecule has 0 bridgehead atoms. The van der Waals surface area contributed by atoms with E-state index in [1.807, 2.05) is 48.7 Å². The van der Waals surface area contributed by atoms with E-state index in [2.05, 4.69) is 10.3 Å². The average molecular weight is 334 g/mol. The molecule has 0 saturated heterocycles. The Morgan fingerprint density at radius 2 is 2.17 bits per heavy atom. The molecule has 0 aliphatic carbocycles. The Morgan fingerprint density at radius 1 is 1.39 bits per heavy atom. The van der Waals surface area contributed by atoms with Crippen molar-refractivity contribution in [3.05, 3.63) is 58.4 Å². The molecule has 1 unspecified atom stereocenters. The van der Waals surface area contributed by atoms with E-state index >= 15 is 0 Å². The number of rotatable bonds is 5. The lowest BCUT2D eigenvalue weighted by Crippen LogP contribution is -2.35. The molecule has 3 aromatic rings. The third-order valence-corrected chi connectivity index (χ3v) is 4.27. The molecule has 1 atom stereocenters. The molecule has 0 spiro atoms. The van der Waals surface area contributed by atoms with Crippen LogP contribution < -0.4 is 5.32 Å². The minimum atomic E-state index is -1.02. The van der Waals surface area contributed by atoms with E-state index in [0.29, 0.717) is 18.2 Å². The second-order valence-corrected chi connectivity index (χ2v) is 6.34. The molecular weight excluding hydrogens is 314 g/mol. The standard InChI is InChI=1S/C17H20ClN3O2/c1-11-8-13(12(2)23-11)17(3,22)10-19-9-14-16(18)20-15-6-4-5-7-21(14)15/h4-8,19,22H,9-10H2,1-3H3. The van der Waals surface area contributed by atoms with Gasteiger partial charge in [-0.05, 0) is 39.0 Å². The van der Waals surface area contributed by atoms with Gasteiger partial charge in [0.2, 0.25) is 0 Å². The highest BCUT2D eigenvalue weighted by Gasteiger charge is 2.27. The summed E-state index contributed by atoms with van der Waals surface area (Å²) in [6.07, 6.45) is 1.92. The highest BCUT2D eigenvalue weighted by molar-refractivity contribution is 6.30. The molecule has 0 aliphatic heterocycles. The number of fused-ring (bicyclic) bond motifs is 1. The van der Waals surface area contributed by atoms with Crippen LogP contribution in [0.3, 0.4) is 0 Å². The van der Waals surface area contributed by atoms with Gasteiger partial charge in [-0.2, -0.15) is 0 Å². The van der Waals surface area contributed by atoms with Crippen LogP contribution in [0.1, 0.15) is 29.7 Å². The zero-order chi connectivity index (χ0) is 16.6. The monoisotopic (exact) mass is 333 g/mol. The Labute approximate surface area is 139 Å². The van der Waals surface area contributed by atoms with E-state index in [1.54, 1.807) is 6.92 Å². The first-order valence-electron chi connectivity index (χ1n) is 7.50. The topological polar surface area (TPSA) is 62.7 Å². The van der Waals surface area contributed by atoms with Gasteiger partial charge in [0.15, 0.2) is 5.15 Å². The SMILES string of the molecule is Cc1cc(C(C)(O)CNCc2c(Cl)nc3ccccn23)c(C)o1. The summed E-state index contributed by atoms with van der Waals surface area (Å²) < 4.78 is 7.45.